The summed E-state index contributed by atoms with van der Waals surface area (Å²) in [7, 11) is 0. The zero-order chi connectivity index (χ0) is 13.1. The summed E-state index contributed by atoms with van der Waals surface area (Å²) in [6.45, 7) is 1.59. The van der Waals surface area contributed by atoms with Crippen LogP contribution >= 0.6 is 34.7 Å². The molecule has 1 unspecified atom stereocenters. The lowest BCUT2D eigenvalue weighted by molar-refractivity contribution is 0.0912. The topological polar surface area (TPSA) is 52.8 Å². The summed E-state index contributed by atoms with van der Waals surface area (Å²) in [5.41, 5.74) is 0. The maximum absolute atomic E-state index is 5.91. The Morgan fingerprint density at radius 2 is 2.47 bits per heavy atom. The summed E-state index contributed by atoms with van der Waals surface area (Å²) >= 11 is 9.13. The van der Waals surface area contributed by atoms with E-state index in [2.05, 4.69) is 15.5 Å². The molecule has 0 spiro atoms. The summed E-state index contributed by atoms with van der Waals surface area (Å²) in [4.78, 5) is 1.22. The standard InChI is InChI=1S/C11H13ClN4OS2/c12-10-4-3-9(19-10)7-18-11-13-14-15-16(11)6-8-2-1-5-17-8/h3-4,8H,1-2,5-7H2. The Balaban J connectivity index is 1.59. The quantitative estimate of drug-likeness (QED) is 0.794. The fraction of sp³-hybridized carbons (Fsp3) is 0.545. The third-order valence-electron chi connectivity index (χ3n) is 2.87. The summed E-state index contributed by atoms with van der Waals surface area (Å²) in [5.74, 6) is 0.837. The van der Waals surface area contributed by atoms with Crippen molar-refractivity contribution in [2.24, 2.45) is 0 Å². The lowest BCUT2D eigenvalue weighted by atomic mass is 10.2. The monoisotopic (exact) mass is 316 g/mol. The molecule has 3 rings (SSSR count). The van der Waals surface area contributed by atoms with Crippen molar-refractivity contribution in [3.8, 4) is 0 Å². The molecule has 5 nitrogen and oxygen atoms in total. The van der Waals surface area contributed by atoms with Crippen molar-refractivity contribution in [1.29, 1.82) is 0 Å². The smallest absolute Gasteiger partial charge is 0.209 e. The van der Waals surface area contributed by atoms with Crippen LogP contribution in [-0.2, 0) is 17.0 Å². The lowest BCUT2D eigenvalue weighted by Gasteiger charge is -2.09. The minimum absolute atomic E-state index is 0.249. The van der Waals surface area contributed by atoms with Gasteiger partial charge in [0.15, 0.2) is 0 Å². The molecule has 0 aromatic carbocycles. The molecule has 0 N–H and O–H groups in total. The molecule has 1 saturated heterocycles. The Bertz CT molecular complexity index is 538. The molecule has 0 aliphatic carbocycles. The van der Waals surface area contributed by atoms with Gasteiger partial charge >= 0.3 is 0 Å². The van der Waals surface area contributed by atoms with Crippen LogP contribution < -0.4 is 0 Å². The molecule has 2 aromatic heterocycles. The van der Waals surface area contributed by atoms with Crippen molar-refractivity contribution in [3.63, 3.8) is 0 Å². The molecule has 0 saturated carbocycles. The van der Waals surface area contributed by atoms with Gasteiger partial charge in [0.1, 0.15) is 0 Å². The Morgan fingerprint density at radius 1 is 1.53 bits per heavy atom. The number of hydrogen-bond acceptors (Lipinski definition) is 6. The van der Waals surface area contributed by atoms with Crippen LogP contribution in [0.25, 0.3) is 0 Å². The molecule has 3 heterocycles. The number of thiophene rings is 1. The highest BCUT2D eigenvalue weighted by molar-refractivity contribution is 7.98. The molecule has 0 radical (unpaired) electrons. The van der Waals surface area contributed by atoms with Gasteiger partial charge in [-0.05, 0) is 35.4 Å². The van der Waals surface area contributed by atoms with E-state index in [1.165, 1.54) is 4.88 Å². The van der Waals surface area contributed by atoms with E-state index in [4.69, 9.17) is 16.3 Å². The number of ether oxygens (including phenoxy) is 1. The molecule has 19 heavy (non-hydrogen) atoms. The Hall–Kier alpha value is -0.630. The van der Waals surface area contributed by atoms with E-state index in [9.17, 15) is 0 Å². The lowest BCUT2D eigenvalue weighted by Crippen LogP contribution is -2.16. The van der Waals surface area contributed by atoms with Crippen LogP contribution in [-0.4, -0.2) is 32.9 Å². The molecule has 1 fully saturated rings. The molecule has 1 atom stereocenters. The van der Waals surface area contributed by atoms with Crippen LogP contribution in [0.15, 0.2) is 17.3 Å². The molecule has 8 heteroatoms. The van der Waals surface area contributed by atoms with E-state index >= 15 is 0 Å². The van der Waals surface area contributed by atoms with Crippen molar-refractivity contribution < 1.29 is 4.74 Å². The largest absolute Gasteiger partial charge is 0.376 e. The second kappa shape index (κ2) is 6.21. The number of hydrogen-bond donors (Lipinski definition) is 0. The van der Waals surface area contributed by atoms with E-state index in [0.717, 1.165) is 41.2 Å². The van der Waals surface area contributed by atoms with Crippen molar-refractivity contribution in [2.75, 3.05) is 6.61 Å². The van der Waals surface area contributed by atoms with Crippen molar-refractivity contribution >= 4 is 34.7 Å². The van der Waals surface area contributed by atoms with Crippen LogP contribution in [0.2, 0.25) is 4.34 Å². The minimum Gasteiger partial charge on any atom is -0.376 e. The molecule has 1 aliphatic heterocycles. The Labute approximate surface area is 124 Å². The summed E-state index contributed by atoms with van der Waals surface area (Å²) in [5, 5.41) is 12.7. The number of thioether (sulfide) groups is 1. The average Bonchev–Trinajstić information content (AvgIpc) is 3.10. The highest BCUT2D eigenvalue weighted by Crippen LogP contribution is 2.28. The molecular formula is C11H13ClN4OS2. The zero-order valence-corrected chi connectivity index (χ0v) is 12.5. The number of aromatic nitrogens is 4. The molecule has 0 amide bonds. The van der Waals surface area contributed by atoms with E-state index in [1.807, 2.05) is 16.8 Å². The summed E-state index contributed by atoms with van der Waals surface area (Å²) < 4.78 is 8.25. The van der Waals surface area contributed by atoms with Gasteiger partial charge in [0.25, 0.3) is 0 Å². The molecule has 0 bridgehead atoms. The van der Waals surface area contributed by atoms with Gasteiger partial charge < -0.3 is 4.74 Å². The van der Waals surface area contributed by atoms with Gasteiger partial charge in [0.2, 0.25) is 5.16 Å². The number of nitrogens with zero attached hydrogens (tertiary/aromatic N) is 4. The number of tetrazole rings is 1. The highest BCUT2D eigenvalue weighted by atomic mass is 35.5. The predicted octanol–water partition coefficient (Wildman–Crippen LogP) is 2.86. The van der Waals surface area contributed by atoms with Gasteiger partial charge in [-0.25, -0.2) is 4.68 Å². The normalized spacial score (nSPS) is 19.1. The summed E-state index contributed by atoms with van der Waals surface area (Å²) in [6.07, 6.45) is 2.46. The van der Waals surface area contributed by atoms with Gasteiger partial charge in [0.05, 0.1) is 17.0 Å². The maximum Gasteiger partial charge on any atom is 0.209 e. The summed E-state index contributed by atoms with van der Waals surface area (Å²) in [6, 6.07) is 3.95. The second-order valence-corrected chi connectivity index (χ2v) is 7.02. The average molecular weight is 317 g/mol. The Morgan fingerprint density at radius 3 is 3.21 bits per heavy atom. The zero-order valence-electron chi connectivity index (χ0n) is 10.2. The first-order valence-electron chi connectivity index (χ1n) is 6.06. The van der Waals surface area contributed by atoms with Crippen LogP contribution in [0, 0.1) is 0 Å². The van der Waals surface area contributed by atoms with E-state index in [-0.39, 0.29) is 6.10 Å². The fourth-order valence-electron chi connectivity index (χ4n) is 1.96. The van der Waals surface area contributed by atoms with Gasteiger partial charge in [0, 0.05) is 17.2 Å². The molecule has 1 aliphatic rings. The molecule has 102 valence electrons. The number of rotatable bonds is 5. The maximum atomic E-state index is 5.91. The SMILES string of the molecule is Clc1ccc(CSc2nnnn2CC2CCCO2)s1. The predicted molar refractivity (Wildman–Crippen MR) is 75.7 cm³/mol. The molecule has 2 aromatic rings. The Kier molecular flexibility index (Phi) is 4.37. The van der Waals surface area contributed by atoms with Crippen LogP contribution in [0.4, 0.5) is 0 Å². The van der Waals surface area contributed by atoms with Gasteiger partial charge in [-0.15, -0.1) is 16.4 Å². The van der Waals surface area contributed by atoms with Crippen molar-refractivity contribution in [3.05, 3.63) is 21.3 Å². The van der Waals surface area contributed by atoms with E-state index in [0.29, 0.717) is 0 Å². The van der Waals surface area contributed by atoms with Crippen molar-refractivity contribution in [2.45, 2.75) is 36.4 Å². The van der Waals surface area contributed by atoms with Gasteiger partial charge in [-0.2, -0.15) is 0 Å². The number of halogens is 1. The minimum atomic E-state index is 0.249. The first-order chi connectivity index (χ1) is 9.31. The van der Waals surface area contributed by atoms with Crippen LogP contribution in [0.1, 0.15) is 17.7 Å². The third kappa shape index (κ3) is 3.47. The van der Waals surface area contributed by atoms with Gasteiger partial charge in [-0.3, -0.25) is 0 Å². The van der Waals surface area contributed by atoms with E-state index in [1.54, 1.807) is 23.1 Å². The molecular weight excluding hydrogens is 304 g/mol. The fourth-order valence-corrected chi connectivity index (χ4v) is 3.98. The van der Waals surface area contributed by atoms with Crippen LogP contribution in [0.5, 0.6) is 0 Å². The van der Waals surface area contributed by atoms with Gasteiger partial charge in [-0.1, -0.05) is 23.4 Å². The third-order valence-corrected chi connectivity index (χ3v) is 5.29. The van der Waals surface area contributed by atoms with Crippen LogP contribution in [0.3, 0.4) is 0 Å². The second-order valence-electron chi connectivity index (χ2n) is 4.27. The van der Waals surface area contributed by atoms with E-state index < -0.39 is 0 Å². The highest BCUT2D eigenvalue weighted by Gasteiger charge is 2.18. The first-order valence-corrected chi connectivity index (χ1v) is 8.24. The first kappa shape index (κ1) is 13.4. The van der Waals surface area contributed by atoms with Crippen molar-refractivity contribution in [1.82, 2.24) is 20.2 Å².